The first-order valence-corrected chi connectivity index (χ1v) is 6.88. The zero-order valence-electron chi connectivity index (χ0n) is 10.9. The van der Waals surface area contributed by atoms with E-state index in [1.54, 1.807) is 0 Å². The molecule has 0 aromatic carbocycles. The Hall–Kier alpha value is -0.900. The number of nitrogens with one attached hydrogen (secondary N) is 1. The van der Waals surface area contributed by atoms with Gasteiger partial charge in [0.15, 0.2) is 5.82 Å². The molecule has 1 atom stereocenters. The summed E-state index contributed by atoms with van der Waals surface area (Å²) in [7, 11) is 0. The smallest absolute Gasteiger partial charge is 0.228 e. The maximum atomic E-state index is 5.32. The van der Waals surface area contributed by atoms with Gasteiger partial charge in [-0.05, 0) is 31.7 Å². The number of hydrogen-bond acceptors (Lipinski definition) is 4. The lowest BCUT2D eigenvalue weighted by Gasteiger charge is -2.14. The Morgan fingerprint density at radius 1 is 1.41 bits per heavy atom. The summed E-state index contributed by atoms with van der Waals surface area (Å²) in [6.45, 7) is 5.34. The highest BCUT2D eigenvalue weighted by Crippen LogP contribution is 2.33. The van der Waals surface area contributed by atoms with Gasteiger partial charge >= 0.3 is 0 Å². The number of aryl methyl sites for hydroxylation is 1. The van der Waals surface area contributed by atoms with Crippen LogP contribution < -0.4 is 5.32 Å². The second-order valence-corrected chi connectivity index (χ2v) is 4.91. The number of rotatable bonds is 8. The molecule has 1 aromatic heterocycles. The second-order valence-electron chi connectivity index (χ2n) is 4.91. The molecule has 0 radical (unpaired) electrons. The fourth-order valence-corrected chi connectivity index (χ4v) is 2.16. The topological polar surface area (TPSA) is 51.0 Å². The molecule has 96 valence electrons. The molecule has 1 N–H and O–H groups in total. The van der Waals surface area contributed by atoms with E-state index in [1.807, 2.05) is 0 Å². The van der Waals surface area contributed by atoms with Gasteiger partial charge in [-0.3, -0.25) is 0 Å². The second kappa shape index (κ2) is 6.15. The summed E-state index contributed by atoms with van der Waals surface area (Å²) in [6, 6.07) is 0.527. The maximum Gasteiger partial charge on any atom is 0.228 e. The van der Waals surface area contributed by atoms with Gasteiger partial charge in [0.05, 0.1) is 0 Å². The fourth-order valence-electron chi connectivity index (χ4n) is 2.16. The highest BCUT2D eigenvalue weighted by Gasteiger charge is 2.31. The van der Waals surface area contributed by atoms with Gasteiger partial charge in [0.2, 0.25) is 5.89 Å². The lowest BCUT2D eigenvalue weighted by atomic mass is 10.1. The van der Waals surface area contributed by atoms with Crippen LogP contribution in [0.4, 0.5) is 0 Å². The number of nitrogens with zero attached hydrogens (tertiary/aromatic N) is 2. The molecular formula is C13H23N3O. The van der Waals surface area contributed by atoms with Crippen molar-refractivity contribution < 1.29 is 4.52 Å². The van der Waals surface area contributed by atoms with Crippen LogP contribution >= 0.6 is 0 Å². The van der Waals surface area contributed by atoms with Crippen LogP contribution in [0, 0.1) is 5.92 Å². The molecule has 1 unspecified atom stereocenters. The van der Waals surface area contributed by atoms with Crippen molar-refractivity contribution in [3.05, 3.63) is 11.7 Å². The average molecular weight is 237 g/mol. The molecule has 4 nitrogen and oxygen atoms in total. The highest BCUT2D eigenvalue weighted by atomic mass is 16.5. The Bertz CT molecular complexity index is 333. The number of unbranched alkanes of at least 4 members (excludes halogenated alkanes) is 1. The number of likely N-dealkylation sites (N-methyl/N-ethyl adjacent to an activating group) is 1. The van der Waals surface area contributed by atoms with Gasteiger partial charge in [0, 0.05) is 18.9 Å². The standard InChI is InChI=1S/C13H23N3O/c1-3-5-6-12-15-13(17-16-12)9-11(14-4-2)10-7-8-10/h10-11,14H,3-9H2,1-2H3. The summed E-state index contributed by atoms with van der Waals surface area (Å²) < 4.78 is 5.32. The molecule has 17 heavy (non-hydrogen) atoms. The molecule has 1 aromatic rings. The molecule has 0 bridgehead atoms. The predicted octanol–water partition coefficient (Wildman–Crippen LogP) is 2.34. The molecule has 2 rings (SSSR count). The van der Waals surface area contributed by atoms with E-state index in [0.29, 0.717) is 6.04 Å². The Kier molecular flexibility index (Phi) is 4.54. The van der Waals surface area contributed by atoms with Crippen molar-refractivity contribution in [3.63, 3.8) is 0 Å². The summed E-state index contributed by atoms with van der Waals surface area (Å²) in [4.78, 5) is 4.46. The SMILES string of the molecule is CCCCc1noc(CC(NCC)C2CC2)n1. The first-order valence-electron chi connectivity index (χ1n) is 6.88. The van der Waals surface area contributed by atoms with Crippen molar-refractivity contribution >= 4 is 0 Å². The first-order chi connectivity index (χ1) is 8.33. The Morgan fingerprint density at radius 2 is 2.24 bits per heavy atom. The van der Waals surface area contributed by atoms with Gasteiger partial charge in [-0.1, -0.05) is 25.4 Å². The number of aromatic nitrogens is 2. The zero-order valence-corrected chi connectivity index (χ0v) is 10.9. The molecule has 1 aliphatic carbocycles. The van der Waals surface area contributed by atoms with Crippen LogP contribution in [0.1, 0.15) is 51.2 Å². The van der Waals surface area contributed by atoms with Gasteiger partial charge in [0.25, 0.3) is 0 Å². The minimum Gasteiger partial charge on any atom is -0.339 e. The van der Waals surface area contributed by atoms with Crippen molar-refractivity contribution in [2.75, 3.05) is 6.54 Å². The molecule has 1 fully saturated rings. The Balaban J connectivity index is 1.85. The minimum absolute atomic E-state index is 0.527. The third-order valence-corrected chi connectivity index (χ3v) is 3.32. The van der Waals surface area contributed by atoms with Crippen LogP contribution in [0.25, 0.3) is 0 Å². The van der Waals surface area contributed by atoms with E-state index in [0.717, 1.165) is 43.4 Å². The van der Waals surface area contributed by atoms with Crippen LogP contribution in [-0.4, -0.2) is 22.7 Å². The van der Waals surface area contributed by atoms with Crippen LogP contribution in [-0.2, 0) is 12.8 Å². The molecule has 0 aliphatic heterocycles. The lowest BCUT2D eigenvalue weighted by Crippen LogP contribution is -2.33. The van der Waals surface area contributed by atoms with Crippen LogP contribution in [0.3, 0.4) is 0 Å². The molecule has 1 saturated carbocycles. The summed E-state index contributed by atoms with van der Waals surface area (Å²) in [6.07, 6.45) is 6.82. The van der Waals surface area contributed by atoms with Crippen molar-refractivity contribution in [1.82, 2.24) is 15.5 Å². The van der Waals surface area contributed by atoms with Gasteiger partial charge in [-0.2, -0.15) is 4.98 Å². The normalized spacial score (nSPS) is 17.3. The van der Waals surface area contributed by atoms with E-state index < -0.39 is 0 Å². The summed E-state index contributed by atoms with van der Waals surface area (Å²) in [5.41, 5.74) is 0. The molecule has 1 aliphatic rings. The van der Waals surface area contributed by atoms with Crippen molar-refractivity contribution in [2.45, 2.75) is 58.4 Å². The summed E-state index contributed by atoms with van der Waals surface area (Å²) >= 11 is 0. The quantitative estimate of drug-likeness (QED) is 0.754. The zero-order chi connectivity index (χ0) is 12.1. The summed E-state index contributed by atoms with van der Waals surface area (Å²) in [5.74, 6) is 2.49. The van der Waals surface area contributed by atoms with Crippen LogP contribution in [0.2, 0.25) is 0 Å². The fraction of sp³-hybridized carbons (Fsp3) is 0.846. The van der Waals surface area contributed by atoms with Crippen LogP contribution in [0.15, 0.2) is 4.52 Å². The Morgan fingerprint density at radius 3 is 2.88 bits per heavy atom. The van der Waals surface area contributed by atoms with E-state index >= 15 is 0 Å². The monoisotopic (exact) mass is 237 g/mol. The van der Waals surface area contributed by atoms with Gasteiger partial charge < -0.3 is 9.84 Å². The van der Waals surface area contributed by atoms with E-state index in [2.05, 4.69) is 29.3 Å². The van der Waals surface area contributed by atoms with E-state index in [9.17, 15) is 0 Å². The van der Waals surface area contributed by atoms with Crippen molar-refractivity contribution in [1.29, 1.82) is 0 Å². The average Bonchev–Trinajstić information content (AvgIpc) is 3.08. The third-order valence-electron chi connectivity index (χ3n) is 3.32. The van der Waals surface area contributed by atoms with Gasteiger partial charge in [0.1, 0.15) is 0 Å². The van der Waals surface area contributed by atoms with E-state index in [4.69, 9.17) is 4.52 Å². The summed E-state index contributed by atoms with van der Waals surface area (Å²) in [5, 5.41) is 7.55. The molecular weight excluding hydrogens is 214 g/mol. The Labute approximate surface area is 103 Å². The highest BCUT2D eigenvalue weighted by molar-refractivity contribution is 4.95. The molecule has 0 spiro atoms. The predicted molar refractivity (Wildman–Crippen MR) is 66.8 cm³/mol. The van der Waals surface area contributed by atoms with Crippen molar-refractivity contribution in [2.24, 2.45) is 5.92 Å². The third kappa shape index (κ3) is 3.80. The van der Waals surface area contributed by atoms with E-state index in [1.165, 1.54) is 19.3 Å². The van der Waals surface area contributed by atoms with Crippen LogP contribution in [0.5, 0.6) is 0 Å². The van der Waals surface area contributed by atoms with E-state index in [-0.39, 0.29) is 0 Å². The van der Waals surface area contributed by atoms with Gasteiger partial charge in [-0.25, -0.2) is 0 Å². The first kappa shape index (κ1) is 12.6. The minimum atomic E-state index is 0.527. The molecule has 1 heterocycles. The lowest BCUT2D eigenvalue weighted by molar-refractivity contribution is 0.344. The number of hydrogen-bond donors (Lipinski definition) is 1. The maximum absolute atomic E-state index is 5.32. The largest absolute Gasteiger partial charge is 0.339 e. The molecule has 0 amide bonds. The molecule has 0 saturated heterocycles. The van der Waals surface area contributed by atoms with Gasteiger partial charge in [-0.15, -0.1) is 0 Å². The molecule has 4 heteroatoms. The van der Waals surface area contributed by atoms with Crippen molar-refractivity contribution in [3.8, 4) is 0 Å².